The SMILES string of the molecule is O=C(CN1CCCC1CO)NCc1ccccc1OC1CCCC1. The summed E-state index contributed by atoms with van der Waals surface area (Å²) in [5.41, 5.74) is 1.03. The standard InChI is InChI=1S/C19H28N2O3/c22-14-16-7-5-11-21(16)13-19(23)20-12-15-6-1-4-10-18(15)24-17-8-2-3-9-17/h1,4,6,10,16-17,22H,2-3,5,7-9,11-14H2,(H,20,23). The molecule has 1 aromatic rings. The van der Waals surface area contributed by atoms with E-state index < -0.39 is 0 Å². The Morgan fingerprint density at radius 2 is 2.00 bits per heavy atom. The van der Waals surface area contributed by atoms with E-state index in [4.69, 9.17) is 4.74 Å². The number of amides is 1. The van der Waals surface area contributed by atoms with Crippen molar-refractivity contribution >= 4 is 5.91 Å². The summed E-state index contributed by atoms with van der Waals surface area (Å²) in [5.74, 6) is 0.894. The van der Waals surface area contributed by atoms with Gasteiger partial charge in [0.1, 0.15) is 5.75 Å². The average molecular weight is 332 g/mol. The van der Waals surface area contributed by atoms with Crippen LogP contribution in [-0.2, 0) is 11.3 Å². The van der Waals surface area contributed by atoms with Gasteiger partial charge in [0.2, 0.25) is 5.91 Å². The third-order valence-corrected chi connectivity index (χ3v) is 5.10. The van der Waals surface area contributed by atoms with Crippen molar-refractivity contribution in [2.75, 3.05) is 19.7 Å². The molecule has 1 heterocycles. The highest BCUT2D eigenvalue weighted by Gasteiger charge is 2.25. The predicted octanol–water partition coefficient (Wildman–Crippen LogP) is 2.08. The minimum absolute atomic E-state index is 0.00557. The van der Waals surface area contributed by atoms with E-state index in [1.54, 1.807) is 0 Å². The number of nitrogens with one attached hydrogen (secondary N) is 1. The molecule has 2 aliphatic rings. The van der Waals surface area contributed by atoms with Gasteiger partial charge in [0.05, 0.1) is 19.3 Å². The van der Waals surface area contributed by atoms with Gasteiger partial charge in [-0.1, -0.05) is 18.2 Å². The lowest BCUT2D eigenvalue weighted by Gasteiger charge is -2.22. The van der Waals surface area contributed by atoms with Crippen molar-refractivity contribution in [1.29, 1.82) is 0 Å². The number of carbonyl (C=O) groups excluding carboxylic acids is 1. The van der Waals surface area contributed by atoms with Gasteiger partial charge < -0.3 is 15.2 Å². The van der Waals surface area contributed by atoms with Crippen molar-refractivity contribution < 1.29 is 14.6 Å². The smallest absolute Gasteiger partial charge is 0.234 e. The molecule has 1 atom stereocenters. The summed E-state index contributed by atoms with van der Waals surface area (Å²) in [6, 6.07) is 8.09. The maximum atomic E-state index is 12.2. The van der Waals surface area contributed by atoms with Crippen molar-refractivity contribution in [3.8, 4) is 5.75 Å². The van der Waals surface area contributed by atoms with Crippen LogP contribution in [0.5, 0.6) is 5.75 Å². The molecule has 1 saturated heterocycles. The molecule has 1 saturated carbocycles. The van der Waals surface area contributed by atoms with Gasteiger partial charge >= 0.3 is 0 Å². The first-order valence-corrected chi connectivity index (χ1v) is 9.12. The number of aliphatic hydroxyl groups is 1. The third kappa shape index (κ3) is 4.48. The summed E-state index contributed by atoms with van der Waals surface area (Å²) >= 11 is 0. The van der Waals surface area contributed by atoms with Crippen LogP contribution in [0.15, 0.2) is 24.3 Å². The molecule has 24 heavy (non-hydrogen) atoms. The van der Waals surface area contributed by atoms with Crippen LogP contribution < -0.4 is 10.1 Å². The molecule has 0 spiro atoms. The predicted molar refractivity (Wildman–Crippen MR) is 92.9 cm³/mol. The van der Waals surface area contributed by atoms with Crippen molar-refractivity contribution in [3.05, 3.63) is 29.8 Å². The molecule has 1 aromatic carbocycles. The van der Waals surface area contributed by atoms with Crippen LogP contribution in [0.1, 0.15) is 44.1 Å². The molecule has 1 aliphatic carbocycles. The van der Waals surface area contributed by atoms with Crippen molar-refractivity contribution in [2.24, 2.45) is 0 Å². The van der Waals surface area contributed by atoms with E-state index in [9.17, 15) is 9.90 Å². The fourth-order valence-electron chi connectivity index (χ4n) is 3.69. The van der Waals surface area contributed by atoms with Gasteiger partial charge in [-0.05, 0) is 51.1 Å². The van der Waals surface area contributed by atoms with Crippen LogP contribution in [0.4, 0.5) is 0 Å². The Bertz CT molecular complexity index is 543. The molecule has 0 aromatic heterocycles. The number of likely N-dealkylation sites (tertiary alicyclic amines) is 1. The van der Waals surface area contributed by atoms with Gasteiger partial charge in [-0.15, -0.1) is 0 Å². The van der Waals surface area contributed by atoms with Gasteiger partial charge in [-0.3, -0.25) is 9.69 Å². The second-order valence-corrected chi connectivity index (χ2v) is 6.86. The van der Waals surface area contributed by atoms with Crippen LogP contribution in [0.3, 0.4) is 0 Å². The number of para-hydroxylation sites is 1. The van der Waals surface area contributed by atoms with Crippen molar-refractivity contribution in [2.45, 2.75) is 57.2 Å². The van der Waals surface area contributed by atoms with Gasteiger partial charge in [-0.25, -0.2) is 0 Å². The highest BCUT2D eigenvalue weighted by Crippen LogP contribution is 2.26. The molecule has 132 valence electrons. The highest BCUT2D eigenvalue weighted by molar-refractivity contribution is 5.78. The molecule has 2 N–H and O–H groups in total. The van der Waals surface area contributed by atoms with E-state index in [0.717, 1.165) is 43.5 Å². The number of carbonyl (C=O) groups is 1. The number of benzene rings is 1. The number of nitrogens with zero attached hydrogens (tertiary/aromatic N) is 1. The quantitative estimate of drug-likeness (QED) is 0.802. The minimum atomic E-state index is 0.00557. The fraction of sp³-hybridized carbons (Fsp3) is 0.632. The molecule has 0 bridgehead atoms. The normalized spacial score (nSPS) is 22.0. The largest absolute Gasteiger partial charge is 0.490 e. The first-order valence-electron chi connectivity index (χ1n) is 9.12. The molecular weight excluding hydrogens is 304 g/mol. The molecule has 5 nitrogen and oxygen atoms in total. The van der Waals surface area contributed by atoms with E-state index in [2.05, 4.69) is 10.2 Å². The molecule has 1 aliphatic heterocycles. The molecular formula is C19H28N2O3. The summed E-state index contributed by atoms with van der Waals surface area (Å²) in [4.78, 5) is 14.3. The first-order chi connectivity index (χ1) is 11.8. The van der Waals surface area contributed by atoms with Gasteiger partial charge in [-0.2, -0.15) is 0 Å². The summed E-state index contributed by atoms with van der Waals surface area (Å²) in [6.07, 6.45) is 7.07. The summed E-state index contributed by atoms with van der Waals surface area (Å²) < 4.78 is 6.11. The van der Waals surface area contributed by atoms with Crippen LogP contribution in [0, 0.1) is 0 Å². The van der Waals surface area contributed by atoms with E-state index in [0.29, 0.717) is 19.2 Å². The van der Waals surface area contributed by atoms with Gasteiger partial charge in [0.25, 0.3) is 0 Å². The molecule has 1 amide bonds. The monoisotopic (exact) mass is 332 g/mol. The Morgan fingerprint density at radius 3 is 2.79 bits per heavy atom. The topological polar surface area (TPSA) is 61.8 Å². The Labute approximate surface area is 144 Å². The maximum absolute atomic E-state index is 12.2. The van der Waals surface area contributed by atoms with Crippen molar-refractivity contribution in [3.63, 3.8) is 0 Å². The molecule has 1 unspecified atom stereocenters. The molecule has 3 rings (SSSR count). The number of ether oxygens (including phenoxy) is 1. The van der Waals surface area contributed by atoms with Gasteiger partial charge in [0, 0.05) is 18.2 Å². The molecule has 5 heteroatoms. The number of rotatable bonds is 7. The van der Waals surface area contributed by atoms with Gasteiger partial charge in [0.15, 0.2) is 0 Å². The van der Waals surface area contributed by atoms with E-state index in [1.807, 2.05) is 24.3 Å². The Hall–Kier alpha value is -1.59. The summed E-state index contributed by atoms with van der Waals surface area (Å²) in [6.45, 7) is 1.86. The molecule has 0 radical (unpaired) electrons. The van der Waals surface area contributed by atoms with E-state index in [1.165, 1.54) is 12.8 Å². The van der Waals surface area contributed by atoms with Crippen LogP contribution >= 0.6 is 0 Å². The first kappa shape index (κ1) is 17.2. The Balaban J connectivity index is 1.51. The number of hydrogen-bond acceptors (Lipinski definition) is 4. The van der Waals surface area contributed by atoms with Crippen LogP contribution in [0.2, 0.25) is 0 Å². The second-order valence-electron chi connectivity index (χ2n) is 6.86. The lowest BCUT2D eigenvalue weighted by molar-refractivity contribution is -0.122. The minimum Gasteiger partial charge on any atom is -0.490 e. The van der Waals surface area contributed by atoms with E-state index in [-0.39, 0.29) is 18.6 Å². The summed E-state index contributed by atoms with van der Waals surface area (Å²) in [5, 5.41) is 12.3. The fourth-order valence-corrected chi connectivity index (χ4v) is 3.69. The lowest BCUT2D eigenvalue weighted by atomic mass is 10.2. The third-order valence-electron chi connectivity index (χ3n) is 5.10. The number of hydrogen-bond donors (Lipinski definition) is 2. The molecule has 2 fully saturated rings. The second kappa shape index (κ2) is 8.49. The van der Waals surface area contributed by atoms with Crippen LogP contribution in [0.25, 0.3) is 0 Å². The Kier molecular flexibility index (Phi) is 6.10. The van der Waals surface area contributed by atoms with E-state index >= 15 is 0 Å². The lowest BCUT2D eigenvalue weighted by Crippen LogP contribution is -2.40. The average Bonchev–Trinajstić information content (AvgIpc) is 3.25. The zero-order chi connectivity index (χ0) is 16.8. The van der Waals surface area contributed by atoms with Crippen LogP contribution in [-0.4, -0.2) is 47.8 Å². The summed E-state index contributed by atoms with van der Waals surface area (Å²) in [7, 11) is 0. The number of aliphatic hydroxyl groups excluding tert-OH is 1. The Morgan fingerprint density at radius 1 is 1.21 bits per heavy atom. The maximum Gasteiger partial charge on any atom is 0.234 e. The van der Waals surface area contributed by atoms with Crippen molar-refractivity contribution in [1.82, 2.24) is 10.2 Å². The highest BCUT2D eigenvalue weighted by atomic mass is 16.5. The zero-order valence-corrected chi connectivity index (χ0v) is 14.2. The zero-order valence-electron chi connectivity index (χ0n) is 14.2.